The molecule has 0 bridgehead atoms. The van der Waals surface area contributed by atoms with Gasteiger partial charge in [0.25, 0.3) is 0 Å². The van der Waals surface area contributed by atoms with Crippen LogP contribution in [0.2, 0.25) is 0 Å². The van der Waals surface area contributed by atoms with Gasteiger partial charge in [-0.1, -0.05) is 12.1 Å². The van der Waals surface area contributed by atoms with E-state index in [0.717, 1.165) is 11.3 Å². The average Bonchev–Trinajstić information content (AvgIpc) is 3.08. The van der Waals surface area contributed by atoms with Crippen LogP contribution in [0.1, 0.15) is 11.7 Å². The zero-order chi connectivity index (χ0) is 10.8. The first-order chi connectivity index (χ1) is 7.26. The summed E-state index contributed by atoms with van der Waals surface area (Å²) in [4.78, 5) is 11.1. The van der Waals surface area contributed by atoms with E-state index in [4.69, 9.17) is 9.47 Å². The number of esters is 1. The van der Waals surface area contributed by atoms with Gasteiger partial charge in [-0.2, -0.15) is 0 Å². The van der Waals surface area contributed by atoms with Crippen molar-refractivity contribution in [3.05, 3.63) is 29.8 Å². The van der Waals surface area contributed by atoms with Crippen LogP contribution in [-0.2, 0) is 14.3 Å². The highest BCUT2D eigenvalue weighted by molar-refractivity contribution is 5.78. The molecule has 0 radical (unpaired) electrons. The van der Waals surface area contributed by atoms with E-state index in [1.54, 1.807) is 7.11 Å². The number of rotatable bonds is 3. The Morgan fingerprint density at radius 3 is 2.87 bits per heavy atom. The normalized spacial score (nSPS) is 23.3. The van der Waals surface area contributed by atoms with Crippen molar-refractivity contribution in [2.24, 2.45) is 0 Å². The Morgan fingerprint density at radius 1 is 1.40 bits per heavy atom. The van der Waals surface area contributed by atoms with Crippen molar-refractivity contribution < 1.29 is 19.0 Å². The smallest absolute Gasteiger partial charge is 0.338 e. The van der Waals surface area contributed by atoms with E-state index < -0.39 is 6.10 Å². The molecule has 1 aliphatic rings. The van der Waals surface area contributed by atoms with Crippen molar-refractivity contribution in [1.29, 1.82) is 0 Å². The molecule has 0 spiro atoms. The molecule has 4 heteroatoms. The predicted molar refractivity (Wildman–Crippen MR) is 52.6 cm³/mol. The van der Waals surface area contributed by atoms with Gasteiger partial charge in [-0.3, -0.25) is 0 Å². The molecular formula is C11H12O4. The lowest BCUT2D eigenvalue weighted by atomic mass is 10.1. The minimum absolute atomic E-state index is 0.187. The molecule has 1 aromatic carbocycles. The molecule has 2 atom stereocenters. The summed E-state index contributed by atoms with van der Waals surface area (Å²) in [5, 5.41) is 0. The Hall–Kier alpha value is -1.55. The lowest BCUT2D eigenvalue weighted by Gasteiger charge is -2.01. The Labute approximate surface area is 87.8 Å². The van der Waals surface area contributed by atoms with Crippen molar-refractivity contribution in [3.63, 3.8) is 0 Å². The summed E-state index contributed by atoms with van der Waals surface area (Å²) >= 11 is 0. The van der Waals surface area contributed by atoms with Gasteiger partial charge in [-0.25, -0.2) is 4.79 Å². The second-order valence-electron chi connectivity index (χ2n) is 3.28. The Bertz CT molecular complexity index is 375. The van der Waals surface area contributed by atoms with Crippen molar-refractivity contribution in [2.75, 3.05) is 14.2 Å². The summed E-state index contributed by atoms with van der Waals surface area (Å²) in [6, 6.07) is 7.47. The lowest BCUT2D eigenvalue weighted by Crippen LogP contribution is -2.09. The van der Waals surface area contributed by atoms with Gasteiger partial charge in [-0.05, 0) is 17.7 Å². The molecule has 80 valence electrons. The molecule has 1 aliphatic heterocycles. The maximum Gasteiger partial charge on any atom is 0.338 e. The molecule has 1 heterocycles. The molecule has 1 aromatic rings. The number of hydrogen-bond donors (Lipinski definition) is 0. The Morgan fingerprint density at radius 2 is 2.20 bits per heavy atom. The third kappa shape index (κ3) is 1.94. The maximum absolute atomic E-state index is 11.1. The van der Waals surface area contributed by atoms with Crippen LogP contribution in [0, 0.1) is 0 Å². The first-order valence-corrected chi connectivity index (χ1v) is 4.63. The van der Waals surface area contributed by atoms with Gasteiger partial charge < -0.3 is 14.2 Å². The van der Waals surface area contributed by atoms with E-state index in [2.05, 4.69) is 4.74 Å². The molecule has 4 nitrogen and oxygen atoms in total. The molecule has 15 heavy (non-hydrogen) atoms. The van der Waals surface area contributed by atoms with E-state index in [-0.39, 0.29) is 12.1 Å². The van der Waals surface area contributed by atoms with Gasteiger partial charge in [0.1, 0.15) is 11.9 Å². The zero-order valence-electron chi connectivity index (χ0n) is 8.60. The number of carbonyl (C=O) groups excluding carboxylic acids is 1. The topological polar surface area (TPSA) is 48.1 Å². The summed E-state index contributed by atoms with van der Waals surface area (Å²) in [6.45, 7) is 0. The monoisotopic (exact) mass is 208 g/mol. The van der Waals surface area contributed by atoms with Gasteiger partial charge in [0.2, 0.25) is 0 Å². The molecule has 2 rings (SSSR count). The van der Waals surface area contributed by atoms with Crippen molar-refractivity contribution in [2.45, 2.75) is 12.2 Å². The van der Waals surface area contributed by atoms with Crippen molar-refractivity contribution >= 4 is 5.97 Å². The second-order valence-corrected chi connectivity index (χ2v) is 3.28. The van der Waals surface area contributed by atoms with Gasteiger partial charge in [0.05, 0.1) is 14.2 Å². The van der Waals surface area contributed by atoms with Gasteiger partial charge in [0.15, 0.2) is 6.10 Å². The van der Waals surface area contributed by atoms with Crippen LogP contribution in [0.15, 0.2) is 24.3 Å². The second kappa shape index (κ2) is 3.90. The quantitative estimate of drug-likeness (QED) is 0.555. The standard InChI is InChI=1S/C11H12O4/c1-13-8-5-3-4-7(6-8)9-10(15-9)11(12)14-2/h3-6,9-10H,1-2H3/t9-,10+/m0/s1. The van der Waals surface area contributed by atoms with Gasteiger partial charge in [0, 0.05) is 0 Å². The molecule has 0 amide bonds. The molecule has 0 saturated carbocycles. The third-order valence-corrected chi connectivity index (χ3v) is 2.35. The number of methoxy groups -OCH3 is 2. The highest BCUT2D eigenvalue weighted by Gasteiger charge is 2.47. The summed E-state index contributed by atoms with van der Waals surface area (Å²) in [7, 11) is 2.96. The van der Waals surface area contributed by atoms with Crippen LogP contribution >= 0.6 is 0 Å². The number of epoxide rings is 1. The van der Waals surface area contributed by atoms with Crippen LogP contribution in [0.4, 0.5) is 0 Å². The van der Waals surface area contributed by atoms with E-state index in [1.807, 2.05) is 24.3 Å². The molecule has 0 N–H and O–H groups in total. The van der Waals surface area contributed by atoms with Crippen molar-refractivity contribution in [1.82, 2.24) is 0 Å². The van der Waals surface area contributed by atoms with Gasteiger partial charge >= 0.3 is 5.97 Å². The summed E-state index contributed by atoms with van der Waals surface area (Å²) < 4.78 is 14.9. The van der Waals surface area contributed by atoms with E-state index in [9.17, 15) is 4.79 Å². The number of benzene rings is 1. The SMILES string of the molecule is COC(=O)[C@@H]1O[C@H]1c1cccc(OC)c1. The first-order valence-electron chi connectivity index (χ1n) is 4.63. The first kappa shape index (κ1) is 9.98. The van der Waals surface area contributed by atoms with Crippen LogP contribution < -0.4 is 4.74 Å². The molecule has 0 aromatic heterocycles. The van der Waals surface area contributed by atoms with E-state index >= 15 is 0 Å². The lowest BCUT2D eigenvalue weighted by molar-refractivity contribution is -0.142. The minimum atomic E-state index is -0.456. The van der Waals surface area contributed by atoms with E-state index in [0.29, 0.717) is 0 Å². The average molecular weight is 208 g/mol. The van der Waals surface area contributed by atoms with Crippen LogP contribution in [0.25, 0.3) is 0 Å². The van der Waals surface area contributed by atoms with Crippen LogP contribution in [-0.4, -0.2) is 26.3 Å². The fraction of sp³-hybridized carbons (Fsp3) is 0.364. The Balaban J connectivity index is 2.09. The highest BCUT2D eigenvalue weighted by Crippen LogP contribution is 2.40. The third-order valence-electron chi connectivity index (χ3n) is 2.35. The molecule has 0 unspecified atom stereocenters. The summed E-state index contributed by atoms with van der Waals surface area (Å²) in [6.07, 6.45) is -0.644. The fourth-order valence-electron chi connectivity index (χ4n) is 1.48. The minimum Gasteiger partial charge on any atom is -0.497 e. The summed E-state index contributed by atoms with van der Waals surface area (Å²) in [5.41, 5.74) is 0.935. The fourth-order valence-corrected chi connectivity index (χ4v) is 1.48. The number of carbonyl (C=O) groups is 1. The molecule has 0 aliphatic carbocycles. The largest absolute Gasteiger partial charge is 0.497 e. The highest BCUT2D eigenvalue weighted by atomic mass is 16.6. The number of hydrogen-bond acceptors (Lipinski definition) is 4. The maximum atomic E-state index is 11.1. The van der Waals surface area contributed by atoms with Crippen LogP contribution in [0.3, 0.4) is 0 Å². The molecule has 1 fully saturated rings. The predicted octanol–water partition coefficient (Wildman–Crippen LogP) is 1.31. The van der Waals surface area contributed by atoms with Crippen LogP contribution in [0.5, 0.6) is 5.75 Å². The zero-order valence-corrected chi connectivity index (χ0v) is 8.60. The van der Waals surface area contributed by atoms with Gasteiger partial charge in [-0.15, -0.1) is 0 Å². The van der Waals surface area contributed by atoms with Crippen molar-refractivity contribution in [3.8, 4) is 5.75 Å². The van der Waals surface area contributed by atoms with E-state index in [1.165, 1.54) is 7.11 Å². The number of ether oxygens (including phenoxy) is 3. The summed E-state index contributed by atoms with van der Waals surface area (Å²) in [5.74, 6) is 0.425. The Kier molecular flexibility index (Phi) is 2.60. The molecule has 1 saturated heterocycles. The molecular weight excluding hydrogens is 196 g/mol.